The SMILES string of the molecule is Cn1cc(C(CN)Sc2ncns2)cn1. The summed E-state index contributed by atoms with van der Waals surface area (Å²) in [6, 6.07) is 0. The zero-order valence-corrected chi connectivity index (χ0v) is 9.83. The van der Waals surface area contributed by atoms with E-state index in [1.165, 1.54) is 11.5 Å². The Morgan fingerprint density at radius 2 is 2.53 bits per heavy atom. The first-order valence-electron chi connectivity index (χ1n) is 4.41. The molecule has 2 rings (SSSR count). The monoisotopic (exact) mass is 241 g/mol. The van der Waals surface area contributed by atoms with E-state index in [9.17, 15) is 0 Å². The Morgan fingerprint density at radius 3 is 3.07 bits per heavy atom. The second-order valence-corrected chi connectivity index (χ2v) is 5.23. The van der Waals surface area contributed by atoms with Crippen LogP contribution in [0.3, 0.4) is 0 Å². The van der Waals surface area contributed by atoms with E-state index in [1.807, 2.05) is 19.4 Å². The third-order valence-corrected chi connectivity index (χ3v) is 3.92. The summed E-state index contributed by atoms with van der Waals surface area (Å²) in [5.74, 6) is 0. The van der Waals surface area contributed by atoms with Crippen LogP contribution >= 0.6 is 23.3 Å². The Hall–Kier alpha value is -0.920. The number of aromatic nitrogens is 4. The van der Waals surface area contributed by atoms with Crippen LogP contribution in [0.2, 0.25) is 0 Å². The molecule has 15 heavy (non-hydrogen) atoms. The van der Waals surface area contributed by atoms with E-state index >= 15 is 0 Å². The number of thioether (sulfide) groups is 1. The van der Waals surface area contributed by atoms with Gasteiger partial charge in [-0.15, -0.1) is 0 Å². The van der Waals surface area contributed by atoms with E-state index in [1.54, 1.807) is 22.8 Å². The van der Waals surface area contributed by atoms with Crippen LogP contribution in [0, 0.1) is 0 Å². The fourth-order valence-corrected chi connectivity index (χ4v) is 2.83. The molecule has 5 nitrogen and oxygen atoms in total. The van der Waals surface area contributed by atoms with Crippen molar-refractivity contribution in [2.45, 2.75) is 9.59 Å². The van der Waals surface area contributed by atoms with Gasteiger partial charge in [0.25, 0.3) is 0 Å². The molecule has 2 aromatic heterocycles. The van der Waals surface area contributed by atoms with Crippen LogP contribution in [0.15, 0.2) is 23.1 Å². The quantitative estimate of drug-likeness (QED) is 0.811. The molecular formula is C8H11N5S2. The van der Waals surface area contributed by atoms with Crippen molar-refractivity contribution in [1.82, 2.24) is 19.1 Å². The van der Waals surface area contributed by atoms with Crippen LogP contribution in [0.4, 0.5) is 0 Å². The molecular weight excluding hydrogens is 230 g/mol. The van der Waals surface area contributed by atoms with Crippen LogP contribution in [-0.4, -0.2) is 25.7 Å². The molecule has 0 fully saturated rings. The molecule has 0 aliphatic carbocycles. The van der Waals surface area contributed by atoms with Crippen LogP contribution < -0.4 is 5.73 Å². The molecule has 1 atom stereocenters. The Morgan fingerprint density at radius 1 is 1.67 bits per heavy atom. The predicted molar refractivity (Wildman–Crippen MR) is 60.8 cm³/mol. The maximum absolute atomic E-state index is 5.73. The maximum atomic E-state index is 5.73. The summed E-state index contributed by atoms with van der Waals surface area (Å²) >= 11 is 3.02. The molecule has 0 radical (unpaired) electrons. The van der Waals surface area contributed by atoms with Gasteiger partial charge in [-0.1, -0.05) is 11.8 Å². The third-order valence-electron chi connectivity index (χ3n) is 1.89. The van der Waals surface area contributed by atoms with Gasteiger partial charge in [0.15, 0.2) is 4.34 Å². The summed E-state index contributed by atoms with van der Waals surface area (Å²) in [5.41, 5.74) is 6.85. The van der Waals surface area contributed by atoms with Crippen molar-refractivity contribution in [3.63, 3.8) is 0 Å². The smallest absolute Gasteiger partial charge is 0.170 e. The summed E-state index contributed by atoms with van der Waals surface area (Å²) in [6.07, 6.45) is 5.38. The van der Waals surface area contributed by atoms with Crippen LogP contribution in [0.5, 0.6) is 0 Å². The average molecular weight is 241 g/mol. The molecule has 0 bridgehead atoms. The molecule has 0 aliphatic heterocycles. The molecule has 2 aromatic rings. The molecule has 0 spiro atoms. The van der Waals surface area contributed by atoms with Gasteiger partial charge in [-0.3, -0.25) is 4.68 Å². The van der Waals surface area contributed by atoms with Gasteiger partial charge in [-0.05, 0) is 11.5 Å². The van der Waals surface area contributed by atoms with Crippen molar-refractivity contribution < 1.29 is 0 Å². The Labute approximate surface area is 95.9 Å². The van der Waals surface area contributed by atoms with Crippen LogP contribution in [-0.2, 0) is 7.05 Å². The number of aryl methyl sites for hydroxylation is 1. The number of nitrogens with zero attached hydrogens (tertiary/aromatic N) is 4. The summed E-state index contributed by atoms with van der Waals surface area (Å²) in [6.45, 7) is 0.565. The fourth-order valence-electron chi connectivity index (χ4n) is 1.20. The maximum Gasteiger partial charge on any atom is 0.170 e. The topological polar surface area (TPSA) is 69.6 Å². The molecule has 0 saturated heterocycles. The van der Waals surface area contributed by atoms with Gasteiger partial charge in [0.2, 0.25) is 0 Å². The Bertz CT molecular complexity index is 410. The number of rotatable bonds is 4. The normalized spacial score (nSPS) is 12.9. The first-order valence-corrected chi connectivity index (χ1v) is 6.07. The van der Waals surface area contributed by atoms with E-state index in [0.29, 0.717) is 6.54 Å². The van der Waals surface area contributed by atoms with Crippen molar-refractivity contribution >= 4 is 23.3 Å². The molecule has 0 aromatic carbocycles. The van der Waals surface area contributed by atoms with E-state index in [0.717, 1.165) is 9.90 Å². The van der Waals surface area contributed by atoms with Gasteiger partial charge in [0, 0.05) is 25.4 Å². The highest BCUT2D eigenvalue weighted by Crippen LogP contribution is 2.34. The van der Waals surface area contributed by atoms with E-state index in [4.69, 9.17) is 5.73 Å². The van der Waals surface area contributed by atoms with Crippen molar-refractivity contribution in [2.24, 2.45) is 12.8 Å². The van der Waals surface area contributed by atoms with Crippen molar-refractivity contribution in [1.29, 1.82) is 0 Å². The Balaban J connectivity index is 2.11. The minimum absolute atomic E-state index is 0.201. The molecule has 2 heterocycles. The van der Waals surface area contributed by atoms with Crippen molar-refractivity contribution in [2.75, 3.05) is 6.54 Å². The van der Waals surface area contributed by atoms with Gasteiger partial charge < -0.3 is 5.73 Å². The lowest BCUT2D eigenvalue weighted by Crippen LogP contribution is -2.08. The molecule has 7 heteroatoms. The van der Waals surface area contributed by atoms with Gasteiger partial charge >= 0.3 is 0 Å². The first kappa shape index (κ1) is 10.6. The van der Waals surface area contributed by atoms with E-state index < -0.39 is 0 Å². The highest BCUT2D eigenvalue weighted by atomic mass is 32.2. The van der Waals surface area contributed by atoms with Crippen molar-refractivity contribution in [3.8, 4) is 0 Å². The van der Waals surface area contributed by atoms with Gasteiger partial charge in [0.1, 0.15) is 6.33 Å². The summed E-state index contributed by atoms with van der Waals surface area (Å²) in [4.78, 5) is 4.12. The molecule has 80 valence electrons. The second kappa shape index (κ2) is 4.73. The lowest BCUT2D eigenvalue weighted by Gasteiger charge is -2.09. The van der Waals surface area contributed by atoms with Gasteiger partial charge in [-0.2, -0.15) is 9.47 Å². The highest BCUT2D eigenvalue weighted by molar-refractivity contribution is 8.01. The Kier molecular flexibility index (Phi) is 3.34. The molecule has 0 saturated carbocycles. The number of nitrogens with two attached hydrogens (primary N) is 1. The summed E-state index contributed by atoms with van der Waals surface area (Å²) in [5, 5.41) is 4.33. The lowest BCUT2D eigenvalue weighted by atomic mass is 10.2. The van der Waals surface area contributed by atoms with E-state index in [-0.39, 0.29) is 5.25 Å². The zero-order chi connectivity index (χ0) is 10.7. The van der Waals surface area contributed by atoms with Gasteiger partial charge in [0.05, 0.1) is 11.4 Å². The third kappa shape index (κ3) is 2.55. The minimum atomic E-state index is 0.201. The van der Waals surface area contributed by atoms with Gasteiger partial charge in [-0.25, -0.2) is 4.98 Å². The highest BCUT2D eigenvalue weighted by Gasteiger charge is 2.14. The van der Waals surface area contributed by atoms with Crippen LogP contribution in [0.25, 0.3) is 0 Å². The standard InChI is InChI=1S/C8H11N5S2/c1-13-4-6(3-11-13)7(2-9)14-8-10-5-12-15-8/h3-5,7H,2,9H2,1H3. The first-order chi connectivity index (χ1) is 7.29. The molecule has 1 unspecified atom stereocenters. The van der Waals surface area contributed by atoms with Crippen molar-refractivity contribution in [3.05, 3.63) is 24.3 Å². The summed E-state index contributed by atoms with van der Waals surface area (Å²) in [7, 11) is 1.90. The average Bonchev–Trinajstić information content (AvgIpc) is 2.85. The fraction of sp³-hybridized carbons (Fsp3) is 0.375. The second-order valence-electron chi connectivity index (χ2n) is 3.00. The minimum Gasteiger partial charge on any atom is -0.329 e. The van der Waals surface area contributed by atoms with Crippen LogP contribution in [0.1, 0.15) is 10.8 Å². The molecule has 2 N–H and O–H groups in total. The number of hydrogen-bond acceptors (Lipinski definition) is 6. The largest absolute Gasteiger partial charge is 0.329 e. The molecule has 0 aliphatic rings. The molecule has 0 amide bonds. The summed E-state index contributed by atoms with van der Waals surface area (Å²) < 4.78 is 6.67. The van der Waals surface area contributed by atoms with E-state index in [2.05, 4.69) is 14.5 Å². The number of hydrogen-bond donors (Lipinski definition) is 1. The predicted octanol–water partition coefficient (Wildman–Crippen LogP) is 1.06. The lowest BCUT2D eigenvalue weighted by molar-refractivity contribution is 0.766. The zero-order valence-electron chi connectivity index (χ0n) is 8.20.